The lowest BCUT2D eigenvalue weighted by molar-refractivity contribution is -0.696. The first-order chi connectivity index (χ1) is 12.3. The Morgan fingerprint density at radius 3 is 2.42 bits per heavy atom. The molecule has 0 aliphatic rings. The zero-order chi connectivity index (χ0) is 17.7. The van der Waals surface area contributed by atoms with Gasteiger partial charge < -0.3 is 12.4 Å². The Balaban J connectivity index is 0.000000267. The molecule has 1 aromatic carbocycles. The fourth-order valence-electron chi connectivity index (χ4n) is 2.81. The van der Waals surface area contributed by atoms with Crippen molar-refractivity contribution in [3.63, 3.8) is 0 Å². The molecule has 142 valence electrons. The second-order valence-electron chi connectivity index (χ2n) is 6.50. The van der Waals surface area contributed by atoms with E-state index in [0.717, 1.165) is 5.52 Å². The predicted octanol–water partition coefficient (Wildman–Crippen LogP) is 2.39. The molecule has 2 heterocycles. The largest absolute Gasteiger partial charge is 1.00 e. The molecule has 0 aliphatic heterocycles. The van der Waals surface area contributed by atoms with E-state index in [2.05, 4.69) is 58.8 Å². The molecule has 0 saturated carbocycles. The normalized spacial score (nSPS) is 10.1. The van der Waals surface area contributed by atoms with Crippen molar-refractivity contribution in [1.82, 2.24) is 9.55 Å². The Bertz CT molecular complexity index is 634. The molecule has 0 saturated heterocycles. The number of unbranched alkanes of at least 4 members (excludes halogenated alkanes) is 4. The van der Waals surface area contributed by atoms with E-state index in [1.54, 1.807) is 0 Å². The average Bonchev–Trinajstić information content (AvgIpc) is 3.11. The highest BCUT2D eigenvalue weighted by atomic mass is 35.5. The summed E-state index contributed by atoms with van der Waals surface area (Å²) in [7, 11) is 0. The van der Waals surface area contributed by atoms with Gasteiger partial charge in [-0.3, -0.25) is 4.98 Å². The molecule has 0 amide bonds. The van der Waals surface area contributed by atoms with Gasteiger partial charge in [0.05, 0.1) is 18.6 Å². The summed E-state index contributed by atoms with van der Waals surface area (Å²) in [6, 6.07) is 12.1. The Kier molecular flexibility index (Phi) is 11.4. The first-order valence-electron chi connectivity index (χ1n) is 9.68. The number of fused-ring (bicyclic) bond motifs is 1. The SMILES string of the molecule is CCCCCn1cc[n+](CCCCC)c1.[Cl-].c1ccc2ncccc2c1. The molecular formula is C22H32ClN3. The van der Waals surface area contributed by atoms with Crippen LogP contribution in [0.4, 0.5) is 0 Å². The van der Waals surface area contributed by atoms with E-state index in [1.807, 2.05) is 30.5 Å². The summed E-state index contributed by atoms with van der Waals surface area (Å²) in [5, 5.41) is 1.20. The summed E-state index contributed by atoms with van der Waals surface area (Å²) in [6.45, 7) is 6.85. The monoisotopic (exact) mass is 373 g/mol. The summed E-state index contributed by atoms with van der Waals surface area (Å²) in [5.41, 5.74) is 1.06. The number of hydrogen-bond acceptors (Lipinski definition) is 1. The smallest absolute Gasteiger partial charge is 0.243 e. The molecule has 0 bridgehead atoms. The van der Waals surface area contributed by atoms with Crippen LogP contribution in [0.15, 0.2) is 61.3 Å². The third kappa shape index (κ3) is 8.01. The van der Waals surface area contributed by atoms with Crippen LogP contribution in [-0.2, 0) is 13.1 Å². The van der Waals surface area contributed by atoms with Crippen LogP contribution in [0.3, 0.4) is 0 Å². The number of aromatic nitrogens is 3. The number of para-hydroxylation sites is 1. The number of imidazole rings is 1. The van der Waals surface area contributed by atoms with Crippen molar-refractivity contribution < 1.29 is 17.0 Å². The molecule has 3 rings (SSSR count). The summed E-state index contributed by atoms with van der Waals surface area (Å²) in [4.78, 5) is 4.18. The van der Waals surface area contributed by atoms with Gasteiger partial charge in [-0.05, 0) is 37.8 Å². The zero-order valence-electron chi connectivity index (χ0n) is 16.1. The maximum Gasteiger partial charge on any atom is 0.243 e. The Morgan fingerprint density at radius 1 is 0.923 bits per heavy atom. The molecule has 0 radical (unpaired) electrons. The van der Waals surface area contributed by atoms with Gasteiger partial charge >= 0.3 is 0 Å². The Hall–Kier alpha value is -1.87. The van der Waals surface area contributed by atoms with Gasteiger partial charge in [-0.2, -0.15) is 0 Å². The second-order valence-corrected chi connectivity index (χ2v) is 6.50. The predicted molar refractivity (Wildman–Crippen MR) is 105 cm³/mol. The van der Waals surface area contributed by atoms with Crippen molar-refractivity contribution >= 4 is 10.9 Å². The molecule has 3 aromatic rings. The van der Waals surface area contributed by atoms with Crippen molar-refractivity contribution in [2.45, 2.75) is 65.5 Å². The second kappa shape index (κ2) is 13.3. The van der Waals surface area contributed by atoms with Crippen LogP contribution in [0.5, 0.6) is 0 Å². The summed E-state index contributed by atoms with van der Waals surface area (Å²) < 4.78 is 4.61. The maximum absolute atomic E-state index is 4.18. The third-order valence-electron chi connectivity index (χ3n) is 4.30. The van der Waals surface area contributed by atoms with E-state index in [-0.39, 0.29) is 12.4 Å². The lowest BCUT2D eigenvalue weighted by Gasteiger charge is -1.96. The van der Waals surface area contributed by atoms with Gasteiger partial charge in [-0.25, -0.2) is 9.13 Å². The fraction of sp³-hybridized carbons (Fsp3) is 0.455. The van der Waals surface area contributed by atoms with Gasteiger partial charge in [0.1, 0.15) is 12.4 Å². The van der Waals surface area contributed by atoms with E-state index in [4.69, 9.17) is 0 Å². The lowest BCUT2D eigenvalue weighted by Crippen LogP contribution is -3.00. The van der Waals surface area contributed by atoms with E-state index in [0.29, 0.717) is 0 Å². The molecule has 4 heteroatoms. The molecule has 3 nitrogen and oxygen atoms in total. The van der Waals surface area contributed by atoms with Crippen LogP contribution in [0.25, 0.3) is 10.9 Å². The number of nitrogens with zero attached hydrogens (tertiary/aromatic N) is 3. The quantitative estimate of drug-likeness (QED) is 0.439. The average molecular weight is 374 g/mol. The number of hydrogen-bond donors (Lipinski definition) is 0. The van der Waals surface area contributed by atoms with E-state index >= 15 is 0 Å². The molecule has 0 spiro atoms. The van der Waals surface area contributed by atoms with E-state index < -0.39 is 0 Å². The minimum absolute atomic E-state index is 0. The minimum atomic E-state index is 0. The van der Waals surface area contributed by atoms with Crippen LogP contribution >= 0.6 is 0 Å². The molecule has 0 N–H and O–H groups in total. The first-order valence-corrected chi connectivity index (χ1v) is 9.68. The van der Waals surface area contributed by atoms with Gasteiger partial charge in [0.2, 0.25) is 6.33 Å². The number of rotatable bonds is 8. The van der Waals surface area contributed by atoms with Crippen LogP contribution < -0.4 is 17.0 Å². The molecule has 2 aromatic heterocycles. The molecule has 0 unspecified atom stereocenters. The van der Waals surface area contributed by atoms with Crippen molar-refractivity contribution in [1.29, 1.82) is 0 Å². The van der Waals surface area contributed by atoms with Crippen molar-refractivity contribution in [2.24, 2.45) is 0 Å². The van der Waals surface area contributed by atoms with Gasteiger partial charge in [0.25, 0.3) is 0 Å². The fourth-order valence-corrected chi connectivity index (χ4v) is 2.81. The van der Waals surface area contributed by atoms with E-state index in [1.165, 1.54) is 57.0 Å². The third-order valence-corrected chi connectivity index (χ3v) is 4.30. The highest BCUT2D eigenvalue weighted by molar-refractivity contribution is 5.77. The molecule has 0 atom stereocenters. The van der Waals surface area contributed by atoms with Crippen LogP contribution in [-0.4, -0.2) is 9.55 Å². The van der Waals surface area contributed by atoms with Crippen molar-refractivity contribution in [3.05, 3.63) is 61.3 Å². The van der Waals surface area contributed by atoms with Crippen LogP contribution in [0.2, 0.25) is 0 Å². The summed E-state index contributed by atoms with van der Waals surface area (Å²) >= 11 is 0. The zero-order valence-corrected chi connectivity index (χ0v) is 16.9. The van der Waals surface area contributed by atoms with Gasteiger partial charge in [-0.15, -0.1) is 0 Å². The number of pyridine rings is 1. The molecular weight excluding hydrogens is 342 g/mol. The highest BCUT2D eigenvalue weighted by Crippen LogP contribution is 2.07. The van der Waals surface area contributed by atoms with Crippen LogP contribution in [0.1, 0.15) is 52.4 Å². The molecule has 0 aliphatic carbocycles. The minimum Gasteiger partial charge on any atom is -1.00 e. The van der Waals surface area contributed by atoms with Crippen LogP contribution in [0, 0.1) is 0 Å². The van der Waals surface area contributed by atoms with Gasteiger partial charge in [-0.1, -0.05) is 51.0 Å². The van der Waals surface area contributed by atoms with Crippen molar-refractivity contribution in [3.8, 4) is 0 Å². The Labute approximate surface area is 164 Å². The Morgan fingerprint density at radius 2 is 1.65 bits per heavy atom. The molecule has 0 fully saturated rings. The summed E-state index contributed by atoms with van der Waals surface area (Å²) in [6.07, 6.45) is 16.3. The summed E-state index contributed by atoms with van der Waals surface area (Å²) in [5.74, 6) is 0. The number of benzene rings is 1. The maximum atomic E-state index is 4.18. The number of halogens is 1. The van der Waals surface area contributed by atoms with Gasteiger partial charge in [0, 0.05) is 11.6 Å². The topological polar surface area (TPSA) is 21.7 Å². The molecule has 26 heavy (non-hydrogen) atoms. The first kappa shape index (κ1) is 22.2. The van der Waals surface area contributed by atoms with E-state index in [9.17, 15) is 0 Å². The number of aryl methyl sites for hydroxylation is 2. The highest BCUT2D eigenvalue weighted by Gasteiger charge is 2.02. The standard InChI is InChI=1S/C13H25N2.C9H7N.ClH/c1-3-5-7-9-14-11-12-15(13-14)10-8-6-4-2;1-2-6-9-8(4-1)5-3-7-10-9;/h11-13H,3-10H2,1-2H3;1-7H;1H/q+1;;/p-1. The van der Waals surface area contributed by atoms with Gasteiger partial charge in [0.15, 0.2) is 0 Å². The van der Waals surface area contributed by atoms with Crippen molar-refractivity contribution in [2.75, 3.05) is 0 Å². The lowest BCUT2D eigenvalue weighted by atomic mass is 10.2.